The molecule has 1 N–H and O–H groups in total. The third-order valence-electron chi connectivity index (χ3n) is 4.35. The zero-order chi connectivity index (χ0) is 16.1. The van der Waals surface area contributed by atoms with Crippen molar-refractivity contribution in [2.75, 3.05) is 27.3 Å². The zero-order valence-electron chi connectivity index (χ0n) is 13.6. The average Bonchev–Trinajstić information content (AvgIpc) is 2.55. The van der Waals surface area contributed by atoms with Crippen molar-refractivity contribution in [1.29, 1.82) is 0 Å². The second-order valence-corrected chi connectivity index (χ2v) is 5.73. The van der Waals surface area contributed by atoms with Crippen molar-refractivity contribution in [2.45, 2.75) is 32.7 Å². The molecule has 0 saturated carbocycles. The minimum absolute atomic E-state index is 0.261. The number of methoxy groups -OCH3 is 2. The monoisotopic (exact) mass is 307 g/mol. The maximum Gasteiger partial charge on any atom is 0.307 e. The third-order valence-corrected chi connectivity index (χ3v) is 4.35. The van der Waals surface area contributed by atoms with Crippen LogP contribution < -0.4 is 9.47 Å². The van der Waals surface area contributed by atoms with E-state index >= 15 is 0 Å². The number of aliphatic carboxylic acids is 1. The number of carboxylic acid groups (broad SMARTS) is 1. The number of benzene rings is 1. The van der Waals surface area contributed by atoms with Gasteiger partial charge in [-0.3, -0.25) is 9.69 Å². The minimum Gasteiger partial charge on any atom is -0.497 e. The van der Waals surface area contributed by atoms with E-state index in [0.29, 0.717) is 6.54 Å². The van der Waals surface area contributed by atoms with Gasteiger partial charge < -0.3 is 14.6 Å². The van der Waals surface area contributed by atoms with Crippen LogP contribution >= 0.6 is 0 Å². The maximum absolute atomic E-state index is 11.2. The fourth-order valence-corrected chi connectivity index (χ4v) is 3.09. The second-order valence-electron chi connectivity index (χ2n) is 5.73. The molecule has 1 unspecified atom stereocenters. The number of hydrogen-bond donors (Lipinski definition) is 1. The maximum atomic E-state index is 11.2. The van der Waals surface area contributed by atoms with Gasteiger partial charge in [0.2, 0.25) is 0 Å². The van der Waals surface area contributed by atoms with Crippen molar-refractivity contribution in [3.05, 3.63) is 23.3 Å². The number of rotatable bonds is 6. The van der Waals surface area contributed by atoms with E-state index in [-0.39, 0.29) is 5.92 Å². The van der Waals surface area contributed by atoms with Crippen LogP contribution in [0.25, 0.3) is 0 Å². The van der Waals surface area contributed by atoms with Crippen LogP contribution in [0.5, 0.6) is 11.5 Å². The van der Waals surface area contributed by atoms with Gasteiger partial charge in [0, 0.05) is 24.7 Å². The van der Waals surface area contributed by atoms with Crippen molar-refractivity contribution in [2.24, 2.45) is 5.92 Å². The van der Waals surface area contributed by atoms with E-state index < -0.39 is 5.97 Å². The molecule has 122 valence electrons. The summed E-state index contributed by atoms with van der Waals surface area (Å²) in [4.78, 5) is 13.4. The summed E-state index contributed by atoms with van der Waals surface area (Å²) in [6.07, 6.45) is 2.59. The second kappa shape index (κ2) is 7.49. The lowest BCUT2D eigenvalue weighted by atomic mass is 9.96. The normalized spacial score (nSPS) is 19.0. The van der Waals surface area contributed by atoms with Crippen molar-refractivity contribution in [3.63, 3.8) is 0 Å². The van der Waals surface area contributed by atoms with E-state index in [1.54, 1.807) is 14.2 Å². The number of carbonyl (C=O) groups is 1. The lowest BCUT2D eigenvalue weighted by Gasteiger charge is -2.31. The molecule has 22 heavy (non-hydrogen) atoms. The van der Waals surface area contributed by atoms with Crippen LogP contribution in [0.2, 0.25) is 0 Å². The van der Waals surface area contributed by atoms with Gasteiger partial charge in [0.25, 0.3) is 0 Å². The fourth-order valence-electron chi connectivity index (χ4n) is 3.09. The molecule has 1 heterocycles. The van der Waals surface area contributed by atoms with Gasteiger partial charge in [-0.25, -0.2) is 0 Å². The van der Waals surface area contributed by atoms with Crippen molar-refractivity contribution in [3.8, 4) is 11.5 Å². The zero-order valence-corrected chi connectivity index (χ0v) is 13.6. The molecule has 5 nitrogen and oxygen atoms in total. The summed E-state index contributed by atoms with van der Waals surface area (Å²) in [5.74, 6) is 0.651. The number of carboxylic acids is 1. The largest absolute Gasteiger partial charge is 0.497 e. The van der Waals surface area contributed by atoms with Crippen LogP contribution in [0.4, 0.5) is 0 Å². The topological polar surface area (TPSA) is 59.0 Å². The Hall–Kier alpha value is -1.75. The number of ether oxygens (including phenoxy) is 2. The molecular weight excluding hydrogens is 282 g/mol. The summed E-state index contributed by atoms with van der Waals surface area (Å²) in [6.45, 7) is 4.36. The predicted octanol–water partition coefficient (Wildman–Crippen LogP) is 2.56. The van der Waals surface area contributed by atoms with Gasteiger partial charge in [-0.15, -0.1) is 0 Å². The average molecular weight is 307 g/mol. The van der Waals surface area contributed by atoms with Crippen LogP contribution in [-0.2, 0) is 17.8 Å². The lowest BCUT2D eigenvalue weighted by molar-refractivity contribution is -0.143. The highest BCUT2D eigenvalue weighted by molar-refractivity contribution is 5.70. The molecule has 1 aromatic rings. The molecule has 0 aromatic heterocycles. The Bertz CT molecular complexity index is 504. The molecule has 0 aliphatic carbocycles. The molecule has 1 aromatic carbocycles. The number of nitrogens with zero attached hydrogens (tertiary/aromatic N) is 1. The molecular formula is C17H25NO4. The van der Waals surface area contributed by atoms with Gasteiger partial charge in [-0.05, 0) is 37.4 Å². The van der Waals surface area contributed by atoms with Gasteiger partial charge in [-0.1, -0.05) is 6.92 Å². The smallest absolute Gasteiger partial charge is 0.307 e. The molecule has 0 spiro atoms. The summed E-state index contributed by atoms with van der Waals surface area (Å²) >= 11 is 0. The summed E-state index contributed by atoms with van der Waals surface area (Å²) in [5.41, 5.74) is 2.32. The first-order valence-corrected chi connectivity index (χ1v) is 7.78. The molecule has 2 rings (SSSR count). The molecule has 1 fully saturated rings. The third kappa shape index (κ3) is 3.71. The van der Waals surface area contributed by atoms with Crippen LogP contribution in [0.3, 0.4) is 0 Å². The summed E-state index contributed by atoms with van der Waals surface area (Å²) in [7, 11) is 3.31. The highest BCUT2D eigenvalue weighted by Crippen LogP contribution is 2.31. The summed E-state index contributed by atoms with van der Waals surface area (Å²) in [6, 6.07) is 3.93. The molecule has 5 heteroatoms. The molecule has 0 radical (unpaired) electrons. The fraction of sp³-hybridized carbons (Fsp3) is 0.588. The van der Waals surface area contributed by atoms with Crippen LogP contribution in [-0.4, -0.2) is 43.3 Å². The standard InChI is InChI=1S/C17H25NO4/c1-4-12-8-14(21-2)9-16(22-3)15(12)11-18-7-5-6-13(10-18)17(19)20/h8-9,13H,4-7,10-11H2,1-3H3,(H,19,20). The SMILES string of the molecule is CCc1cc(OC)cc(OC)c1CN1CCCC(C(=O)O)C1. The molecule has 1 aliphatic heterocycles. The highest BCUT2D eigenvalue weighted by Gasteiger charge is 2.26. The first kappa shape index (κ1) is 16.6. The minimum atomic E-state index is -0.692. The summed E-state index contributed by atoms with van der Waals surface area (Å²) < 4.78 is 10.8. The Kier molecular flexibility index (Phi) is 5.66. The van der Waals surface area contributed by atoms with Crippen molar-refractivity contribution in [1.82, 2.24) is 4.90 Å². The van der Waals surface area contributed by atoms with Gasteiger partial charge in [0.15, 0.2) is 0 Å². The van der Waals surface area contributed by atoms with E-state index in [0.717, 1.165) is 49.4 Å². The molecule has 0 amide bonds. The molecule has 1 aliphatic rings. The number of likely N-dealkylation sites (tertiary alicyclic amines) is 1. The quantitative estimate of drug-likeness (QED) is 0.875. The van der Waals surface area contributed by atoms with E-state index in [2.05, 4.69) is 11.8 Å². The van der Waals surface area contributed by atoms with Crippen molar-refractivity contribution < 1.29 is 19.4 Å². The number of hydrogen-bond acceptors (Lipinski definition) is 4. The van der Waals surface area contributed by atoms with E-state index in [4.69, 9.17) is 9.47 Å². The number of piperidine rings is 1. The van der Waals surface area contributed by atoms with Gasteiger partial charge >= 0.3 is 5.97 Å². The molecule has 1 saturated heterocycles. The summed E-state index contributed by atoms with van der Waals surface area (Å²) in [5, 5.41) is 9.22. The predicted molar refractivity (Wildman–Crippen MR) is 84.6 cm³/mol. The Morgan fingerprint density at radius 3 is 2.73 bits per heavy atom. The van der Waals surface area contributed by atoms with Crippen LogP contribution in [0.15, 0.2) is 12.1 Å². The first-order chi connectivity index (χ1) is 10.6. The number of aryl methyl sites for hydroxylation is 1. The van der Waals surface area contributed by atoms with E-state index in [9.17, 15) is 9.90 Å². The highest BCUT2D eigenvalue weighted by atomic mass is 16.5. The van der Waals surface area contributed by atoms with Gasteiger partial charge in [0.05, 0.1) is 20.1 Å². The van der Waals surface area contributed by atoms with Crippen LogP contribution in [0, 0.1) is 5.92 Å². The molecule has 0 bridgehead atoms. The van der Waals surface area contributed by atoms with E-state index in [1.807, 2.05) is 12.1 Å². The van der Waals surface area contributed by atoms with Crippen molar-refractivity contribution >= 4 is 5.97 Å². The van der Waals surface area contributed by atoms with Gasteiger partial charge in [0.1, 0.15) is 11.5 Å². The Morgan fingerprint density at radius 2 is 2.14 bits per heavy atom. The molecule has 1 atom stereocenters. The lowest BCUT2D eigenvalue weighted by Crippen LogP contribution is -2.38. The van der Waals surface area contributed by atoms with Crippen LogP contribution in [0.1, 0.15) is 30.9 Å². The van der Waals surface area contributed by atoms with Gasteiger partial charge in [-0.2, -0.15) is 0 Å². The Balaban J connectivity index is 2.22. The Morgan fingerprint density at radius 1 is 1.36 bits per heavy atom. The Labute approximate surface area is 131 Å². The first-order valence-electron chi connectivity index (χ1n) is 7.78. The van der Waals surface area contributed by atoms with E-state index in [1.165, 1.54) is 5.56 Å².